The van der Waals surface area contributed by atoms with E-state index in [2.05, 4.69) is 59.1 Å². The summed E-state index contributed by atoms with van der Waals surface area (Å²) in [5.41, 5.74) is 5.00. The second kappa shape index (κ2) is 17.2. The van der Waals surface area contributed by atoms with Crippen LogP contribution >= 0.6 is 0 Å². The molecule has 3 aromatic carbocycles. The van der Waals surface area contributed by atoms with Crippen molar-refractivity contribution in [2.45, 2.75) is 115 Å². The van der Waals surface area contributed by atoms with E-state index in [1.165, 1.54) is 5.69 Å². The lowest BCUT2D eigenvalue weighted by atomic mass is 9.63. The number of para-hydroxylation sites is 2. The largest absolute Gasteiger partial charge is 0.489 e. The number of carbonyl (C=O) groups is 5. The minimum Gasteiger partial charge on any atom is -0.489 e. The van der Waals surface area contributed by atoms with Gasteiger partial charge in [-0.25, -0.2) is 4.79 Å². The Morgan fingerprint density at radius 2 is 1.67 bits per heavy atom. The number of carbonyl (C=O) groups excluding carboxylic acids is 5. The highest BCUT2D eigenvalue weighted by Gasteiger charge is 2.63. The Balaban J connectivity index is 1.07. The van der Waals surface area contributed by atoms with Crippen LogP contribution in [0.4, 0.5) is 22.7 Å². The summed E-state index contributed by atoms with van der Waals surface area (Å²) in [6.45, 7) is 12.0. The van der Waals surface area contributed by atoms with Crippen LogP contribution in [0.3, 0.4) is 0 Å². The molecule has 3 fully saturated rings. The maximum absolute atomic E-state index is 15.4. The van der Waals surface area contributed by atoms with Gasteiger partial charge in [-0.1, -0.05) is 58.0 Å². The van der Waals surface area contributed by atoms with Gasteiger partial charge in [0.05, 0.1) is 35.8 Å². The number of fused-ring (bicyclic) bond motifs is 9. The standard InChI is InChI=1S/C49H60N6O8/c1-6-41(61-29-30(4)24-46(58)63-55-44(56)21-22-45(55)57)47(59)50-37-17-11-12-18-38(37)54-48(60)33-15-9-10-16-34(33)49(54)35-20-19-31(52(7-2)8-3)25-42(35)62-43-27-40-39(26-36(43)49)51(5)28-32-14-13-23-53(32)40/h9-12,15-18,26-27,30-32,35,41-42H,6-8,13-14,19-25,28-29H2,1-5H3,(H,50,59). The Bertz CT molecular complexity index is 2280. The number of amides is 4. The van der Waals surface area contributed by atoms with E-state index in [0.29, 0.717) is 40.5 Å². The number of ether oxygens (including phenoxy) is 2. The minimum absolute atomic E-state index is 0.0137. The quantitative estimate of drug-likeness (QED) is 0.185. The molecular formula is C49H60N6O8. The normalized spacial score (nSPS) is 25.7. The number of hydrogen-bond acceptors (Lipinski definition) is 11. The molecule has 14 nitrogen and oxygen atoms in total. The molecular weight excluding hydrogens is 801 g/mol. The Kier molecular flexibility index (Phi) is 11.7. The highest BCUT2D eigenvalue weighted by Crippen LogP contribution is 2.62. The predicted molar refractivity (Wildman–Crippen MR) is 239 cm³/mol. The first-order valence-electron chi connectivity index (χ1n) is 23.1. The maximum Gasteiger partial charge on any atom is 0.333 e. The molecule has 6 aliphatic rings. The third kappa shape index (κ3) is 7.32. The first kappa shape index (κ1) is 42.8. The number of hydroxylamine groups is 2. The molecule has 63 heavy (non-hydrogen) atoms. The summed E-state index contributed by atoms with van der Waals surface area (Å²) in [6.07, 6.45) is 4.14. The molecule has 1 aliphatic carbocycles. The average molecular weight is 861 g/mol. The van der Waals surface area contributed by atoms with Crippen molar-refractivity contribution in [3.63, 3.8) is 0 Å². The fourth-order valence-corrected chi connectivity index (χ4v) is 11.5. The van der Waals surface area contributed by atoms with Crippen molar-refractivity contribution in [2.24, 2.45) is 11.8 Å². The van der Waals surface area contributed by atoms with Crippen molar-refractivity contribution in [1.82, 2.24) is 9.96 Å². The van der Waals surface area contributed by atoms with Gasteiger partial charge >= 0.3 is 5.97 Å². The van der Waals surface area contributed by atoms with Crippen molar-refractivity contribution >= 4 is 52.3 Å². The van der Waals surface area contributed by atoms with E-state index in [0.717, 1.165) is 80.8 Å². The van der Waals surface area contributed by atoms with Gasteiger partial charge in [-0.15, -0.1) is 5.06 Å². The van der Waals surface area contributed by atoms with Crippen molar-refractivity contribution < 1.29 is 38.3 Å². The first-order chi connectivity index (χ1) is 30.5. The third-order valence-corrected chi connectivity index (χ3v) is 14.5. The summed E-state index contributed by atoms with van der Waals surface area (Å²) in [7, 11) is 2.17. The molecule has 9 rings (SSSR count). The van der Waals surface area contributed by atoms with Crippen molar-refractivity contribution in [3.05, 3.63) is 77.4 Å². The number of nitrogens with zero attached hydrogens (tertiary/aromatic N) is 5. The smallest absolute Gasteiger partial charge is 0.333 e. The van der Waals surface area contributed by atoms with Gasteiger partial charge in [0.1, 0.15) is 23.5 Å². The molecule has 1 spiro atoms. The van der Waals surface area contributed by atoms with Gasteiger partial charge < -0.3 is 34.3 Å². The fourth-order valence-electron chi connectivity index (χ4n) is 11.5. The monoisotopic (exact) mass is 860 g/mol. The van der Waals surface area contributed by atoms with E-state index in [4.69, 9.17) is 14.3 Å². The van der Waals surface area contributed by atoms with E-state index in [1.54, 1.807) is 6.92 Å². The fraction of sp³-hybridized carbons (Fsp3) is 0.531. The van der Waals surface area contributed by atoms with Gasteiger partial charge in [0.15, 0.2) is 0 Å². The molecule has 2 saturated heterocycles. The molecule has 7 atom stereocenters. The summed E-state index contributed by atoms with van der Waals surface area (Å²) in [5.74, 6) is -1.98. The number of benzene rings is 3. The summed E-state index contributed by atoms with van der Waals surface area (Å²) >= 11 is 0. The average Bonchev–Trinajstić information content (AvgIpc) is 3.95. The van der Waals surface area contributed by atoms with Crippen molar-refractivity contribution in [3.8, 4) is 5.75 Å². The summed E-state index contributed by atoms with van der Waals surface area (Å²) in [4.78, 5) is 80.6. The molecule has 5 heterocycles. The van der Waals surface area contributed by atoms with Crippen LogP contribution in [0.5, 0.6) is 5.75 Å². The lowest BCUT2D eigenvalue weighted by Gasteiger charge is -2.55. The number of imide groups is 1. The molecule has 1 N–H and O–H groups in total. The van der Waals surface area contributed by atoms with Gasteiger partial charge in [0.2, 0.25) is 0 Å². The van der Waals surface area contributed by atoms with Crippen LogP contribution in [0.25, 0.3) is 0 Å². The minimum atomic E-state index is -0.951. The van der Waals surface area contributed by atoms with Gasteiger partial charge in [-0.3, -0.25) is 24.1 Å². The highest BCUT2D eigenvalue weighted by molar-refractivity contribution is 6.15. The van der Waals surface area contributed by atoms with Crippen LogP contribution in [0.15, 0.2) is 60.7 Å². The Hall–Kier alpha value is -5.47. The Labute approximate surface area is 369 Å². The predicted octanol–water partition coefficient (Wildman–Crippen LogP) is 6.65. The lowest BCUT2D eigenvalue weighted by molar-refractivity contribution is -0.198. The number of likely N-dealkylation sites (N-methyl/N-ethyl adjacent to an activating group) is 1. The van der Waals surface area contributed by atoms with E-state index in [1.807, 2.05) is 54.3 Å². The van der Waals surface area contributed by atoms with E-state index < -0.39 is 29.4 Å². The number of anilines is 4. The molecule has 1 saturated carbocycles. The second-order valence-corrected chi connectivity index (χ2v) is 18.2. The molecule has 14 heteroatoms. The van der Waals surface area contributed by atoms with E-state index in [9.17, 15) is 19.2 Å². The van der Waals surface area contributed by atoms with Crippen LogP contribution < -0.4 is 24.8 Å². The Morgan fingerprint density at radius 1 is 0.921 bits per heavy atom. The van der Waals surface area contributed by atoms with Crippen molar-refractivity contribution in [2.75, 3.05) is 59.9 Å². The van der Waals surface area contributed by atoms with Crippen LogP contribution in [-0.4, -0.2) is 104 Å². The SMILES string of the molecule is CCC(OCC(C)CC(=O)ON1C(=O)CCC1=O)C(=O)Nc1ccccc1N1C(=O)c2ccccc2C12c1cc3c(cc1OC1CC(N(CC)CC)CCC12)N1CCCC1CN3C. The molecule has 0 aromatic heterocycles. The zero-order chi connectivity index (χ0) is 44.2. The first-order valence-corrected chi connectivity index (χ1v) is 23.1. The molecule has 7 unspecified atom stereocenters. The van der Waals surface area contributed by atoms with E-state index in [-0.39, 0.29) is 55.6 Å². The van der Waals surface area contributed by atoms with Gasteiger partial charge in [0.25, 0.3) is 23.6 Å². The molecule has 3 aromatic rings. The maximum atomic E-state index is 15.4. The third-order valence-electron chi connectivity index (χ3n) is 14.5. The van der Waals surface area contributed by atoms with E-state index >= 15 is 4.79 Å². The van der Waals surface area contributed by atoms with Crippen molar-refractivity contribution in [1.29, 1.82) is 0 Å². The zero-order valence-corrected chi connectivity index (χ0v) is 37.1. The number of rotatable bonds is 13. The second-order valence-electron chi connectivity index (χ2n) is 18.2. The molecule has 4 amide bonds. The summed E-state index contributed by atoms with van der Waals surface area (Å²) in [5, 5.41) is 3.70. The molecule has 5 aliphatic heterocycles. The highest BCUT2D eigenvalue weighted by atomic mass is 16.7. The van der Waals surface area contributed by atoms with Gasteiger partial charge in [0, 0.05) is 74.6 Å². The lowest BCUT2D eigenvalue weighted by Crippen LogP contribution is -2.60. The van der Waals surface area contributed by atoms with Crippen LogP contribution in [0, 0.1) is 11.8 Å². The summed E-state index contributed by atoms with van der Waals surface area (Å²) < 4.78 is 13.4. The molecule has 0 bridgehead atoms. The summed E-state index contributed by atoms with van der Waals surface area (Å²) in [6, 6.07) is 20.9. The Morgan fingerprint density at radius 3 is 2.43 bits per heavy atom. The number of hydrogen-bond donors (Lipinski definition) is 1. The van der Waals surface area contributed by atoms with Crippen LogP contribution in [0.1, 0.15) is 107 Å². The topological polar surface area (TPSA) is 141 Å². The molecule has 334 valence electrons. The zero-order valence-electron chi connectivity index (χ0n) is 37.1. The van der Waals surface area contributed by atoms with Gasteiger partial charge in [-0.2, -0.15) is 0 Å². The van der Waals surface area contributed by atoms with Gasteiger partial charge in [-0.05, 0) is 80.9 Å². The van der Waals surface area contributed by atoms with Crippen LogP contribution in [-0.2, 0) is 34.3 Å². The molecule has 0 radical (unpaired) electrons. The van der Waals surface area contributed by atoms with Crippen LogP contribution in [0.2, 0.25) is 0 Å². The number of nitrogens with one attached hydrogen (secondary N) is 1.